The average molecular weight is 504 g/mol. The van der Waals surface area contributed by atoms with Crippen molar-refractivity contribution in [2.75, 3.05) is 19.8 Å². The van der Waals surface area contributed by atoms with Gasteiger partial charge in [0.1, 0.15) is 79.4 Å². The normalized spacial score (nSPS) is 43.6. The highest BCUT2D eigenvalue weighted by Gasteiger charge is 2.64. The van der Waals surface area contributed by atoms with E-state index < -0.39 is 111 Å². The first-order valence-corrected chi connectivity index (χ1v) is 10.3. The number of Topliss-reactive ketones (excluding diaryl/α,β-unsaturated/α-hetero) is 1. The second-order valence-corrected chi connectivity index (χ2v) is 8.37. The smallest absolute Gasteiger partial charge is 0.201 e. The van der Waals surface area contributed by atoms with Gasteiger partial charge in [0.05, 0.1) is 19.8 Å². The van der Waals surface area contributed by atoms with E-state index in [9.17, 15) is 66.1 Å². The Balaban J connectivity index is 2.58. The summed E-state index contributed by atoms with van der Waals surface area (Å²) in [6, 6.07) is 0. The van der Waals surface area contributed by atoms with Gasteiger partial charge in [-0.15, -0.1) is 0 Å². The zero-order valence-corrected chi connectivity index (χ0v) is 17.7. The molecule has 0 spiro atoms. The summed E-state index contributed by atoms with van der Waals surface area (Å²) in [4.78, 5) is 13.4. The van der Waals surface area contributed by atoms with Crippen LogP contribution in [0.4, 0.5) is 0 Å². The molecule has 0 saturated carbocycles. The first kappa shape index (κ1) is 29.3. The molecule has 2 fully saturated rings. The molecule has 0 bridgehead atoms. The molecule has 16 heteroatoms. The van der Waals surface area contributed by atoms with Gasteiger partial charge in [0.2, 0.25) is 5.78 Å². The Morgan fingerprint density at radius 3 is 1.68 bits per heavy atom. The van der Waals surface area contributed by atoms with E-state index in [0.29, 0.717) is 0 Å². The van der Waals surface area contributed by atoms with Gasteiger partial charge < -0.3 is 75.9 Å². The van der Waals surface area contributed by atoms with Crippen LogP contribution in [0.3, 0.4) is 0 Å². The van der Waals surface area contributed by atoms with Crippen molar-refractivity contribution >= 4 is 5.78 Å². The lowest BCUT2D eigenvalue weighted by atomic mass is 9.73. The summed E-state index contributed by atoms with van der Waals surface area (Å²) in [6.45, 7) is -3.19. The number of hydrogen-bond acceptors (Lipinski definition) is 16. The maximum Gasteiger partial charge on any atom is 0.201 e. The van der Waals surface area contributed by atoms with Crippen LogP contribution in [0, 0.1) is 0 Å². The van der Waals surface area contributed by atoms with Gasteiger partial charge in [0, 0.05) is 0 Å². The van der Waals surface area contributed by atoms with Crippen molar-refractivity contribution in [1.82, 2.24) is 0 Å². The minimum absolute atomic E-state index is 0.985. The average Bonchev–Trinajstić information content (AvgIpc) is 2.83. The highest BCUT2D eigenvalue weighted by Crippen LogP contribution is 2.36. The summed E-state index contributed by atoms with van der Waals surface area (Å²) < 4.78 is 10.2. The Morgan fingerprint density at radius 2 is 1.21 bits per heavy atom. The van der Waals surface area contributed by atoms with Crippen molar-refractivity contribution in [3.05, 3.63) is 0 Å². The molecule has 0 radical (unpaired) electrons. The second kappa shape index (κ2) is 11.4. The van der Waals surface area contributed by atoms with Crippen LogP contribution in [0.5, 0.6) is 0 Å². The van der Waals surface area contributed by atoms with Crippen LogP contribution >= 0.6 is 0 Å². The quantitative estimate of drug-likeness (QED) is 0.139. The van der Waals surface area contributed by atoms with Crippen LogP contribution in [-0.4, -0.2) is 177 Å². The molecule has 2 unspecified atom stereocenters. The third-order valence-electron chi connectivity index (χ3n) is 6.23. The molecule has 0 aliphatic carbocycles. The summed E-state index contributed by atoms with van der Waals surface area (Å²) in [5.41, 5.74) is -3.61. The largest absolute Gasteiger partial charge is 0.394 e. The lowest BCUT2D eigenvalue weighted by Crippen LogP contribution is -2.75. The van der Waals surface area contributed by atoms with E-state index in [2.05, 4.69) is 0 Å². The molecule has 0 aromatic rings. The van der Waals surface area contributed by atoms with Crippen LogP contribution in [0.25, 0.3) is 0 Å². The molecule has 34 heavy (non-hydrogen) atoms. The Hall–Kier alpha value is -0.930. The van der Waals surface area contributed by atoms with Gasteiger partial charge in [-0.2, -0.15) is 0 Å². The van der Waals surface area contributed by atoms with Crippen molar-refractivity contribution in [1.29, 1.82) is 0 Å². The molecule has 200 valence electrons. The molecule has 0 aromatic heterocycles. The summed E-state index contributed by atoms with van der Waals surface area (Å²) in [5.74, 6) is -1.81. The van der Waals surface area contributed by atoms with E-state index >= 15 is 0 Å². The highest BCUT2D eigenvalue weighted by atomic mass is 16.6. The topological polar surface area (TPSA) is 299 Å². The lowest BCUT2D eigenvalue weighted by molar-refractivity contribution is -0.293. The monoisotopic (exact) mass is 504 g/mol. The second-order valence-electron chi connectivity index (χ2n) is 8.37. The standard InChI is InChI=1S/C18H32O16/c19-1-4(22)7(23)15(30)18(32,17-13(29)11(27)9(25)6(3-21)34-17)16(31)14-12(28)10(26)8(24)5(2-20)33-14/h4-15,17,19-30,32H,1-3H2/t4-,5-,6-,7-,8-,9-,10+,11+,12-,13+,14?,15+,17?,18-/m1/s1. The van der Waals surface area contributed by atoms with Crippen molar-refractivity contribution in [3.63, 3.8) is 0 Å². The van der Waals surface area contributed by atoms with Crippen LogP contribution in [0.15, 0.2) is 0 Å². The molecule has 14 atom stereocenters. The number of carbonyl (C=O) groups excluding carboxylic acids is 1. The molecule has 13 N–H and O–H groups in total. The number of aliphatic hydroxyl groups is 13. The summed E-state index contributed by atoms with van der Waals surface area (Å²) in [7, 11) is 0. The zero-order valence-electron chi connectivity index (χ0n) is 17.7. The first-order chi connectivity index (χ1) is 15.8. The first-order valence-electron chi connectivity index (χ1n) is 10.3. The molecule has 2 aliphatic rings. The predicted octanol–water partition coefficient (Wildman–Crippen LogP) is -8.95. The van der Waals surface area contributed by atoms with Crippen molar-refractivity contribution in [3.8, 4) is 0 Å². The maximum absolute atomic E-state index is 13.4. The van der Waals surface area contributed by atoms with E-state index in [-0.39, 0.29) is 0 Å². The van der Waals surface area contributed by atoms with E-state index in [1.807, 2.05) is 0 Å². The van der Waals surface area contributed by atoms with Crippen molar-refractivity contribution in [2.24, 2.45) is 0 Å². The Kier molecular flexibility index (Phi) is 9.84. The number of aliphatic hydroxyl groups excluding tert-OH is 12. The van der Waals surface area contributed by atoms with Crippen LogP contribution < -0.4 is 0 Å². The number of ketones is 1. The minimum Gasteiger partial charge on any atom is -0.394 e. The van der Waals surface area contributed by atoms with Crippen molar-refractivity contribution in [2.45, 2.75) is 85.0 Å². The van der Waals surface area contributed by atoms with Crippen LogP contribution in [-0.2, 0) is 14.3 Å². The summed E-state index contributed by atoms with van der Waals surface area (Å²) in [5, 5.41) is 130. The van der Waals surface area contributed by atoms with E-state index in [1.54, 1.807) is 0 Å². The fourth-order valence-corrected chi connectivity index (χ4v) is 4.04. The maximum atomic E-state index is 13.4. The summed E-state index contributed by atoms with van der Waals surface area (Å²) >= 11 is 0. The van der Waals surface area contributed by atoms with Crippen molar-refractivity contribution < 1.29 is 80.7 Å². The lowest BCUT2D eigenvalue weighted by Gasteiger charge is -2.50. The molecular weight excluding hydrogens is 472 g/mol. The predicted molar refractivity (Wildman–Crippen MR) is 103 cm³/mol. The Bertz CT molecular complexity index is 676. The van der Waals surface area contributed by atoms with Gasteiger partial charge in [-0.1, -0.05) is 0 Å². The number of ether oxygens (including phenoxy) is 2. The Labute approximate surface area is 192 Å². The molecular formula is C18H32O16. The van der Waals surface area contributed by atoms with Gasteiger partial charge >= 0.3 is 0 Å². The van der Waals surface area contributed by atoms with Gasteiger partial charge in [-0.05, 0) is 0 Å². The molecule has 2 saturated heterocycles. The SMILES string of the molecule is O=C(C1O[C@H](CO)[C@@H](O)[C@H](O)[C@H]1O)[C@@](O)(C1O[C@H](CO)[C@@H](O)[C@H](O)[C@@H]1O)[C@@H](O)[C@H](O)[C@H](O)CO. The number of hydrogen-bond donors (Lipinski definition) is 13. The van der Waals surface area contributed by atoms with Gasteiger partial charge in [0.15, 0.2) is 5.60 Å². The van der Waals surface area contributed by atoms with Crippen LogP contribution in [0.2, 0.25) is 0 Å². The fraction of sp³-hybridized carbons (Fsp3) is 0.944. The molecule has 0 aromatic carbocycles. The van der Waals surface area contributed by atoms with Gasteiger partial charge in [-0.3, -0.25) is 4.79 Å². The molecule has 16 nitrogen and oxygen atoms in total. The third kappa shape index (κ3) is 4.99. The zero-order chi connectivity index (χ0) is 26.1. The highest BCUT2D eigenvalue weighted by molar-refractivity contribution is 5.93. The molecule has 2 heterocycles. The van der Waals surface area contributed by atoms with E-state index in [4.69, 9.17) is 14.6 Å². The van der Waals surface area contributed by atoms with Gasteiger partial charge in [0.25, 0.3) is 0 Å². The van der Waals surface area contributed by atoms with E-state index in [1.165, 1.54) is 0 Å². The fourth-order valence-electron chi connectivity index (χ4n) is 4.04. The molecule has 0 amide bonds. The molecule has 2 aliphatic heterocycles. The van der Waals surface area contributed by atoms with Gasteiger partial charge in [-0.25, -0.2) is 0 Å². The summed E-state index contributed by atoms with van der Waals surface area (Å²) in [6.07, 6.45) is -28.6. The Morgan fingerprint density at radius 1 is 0.735 bits per heavy atom. The van der Waals surface area contributed by atoms with E-state index in [0.717, 1.165) is 0 Å². The molecule has 2 rings (SSSR count). The number of carbonyl (C=O) groups is 1. The number of rotatable bonds is 9. The minimum atomic E-state index is -3.61. The van der Waals surface area contributed by atoms with Crippen LogP contribution in [0.1, 0.15) is 0 Å². The third-order valence-corrected chi connectivity index (χ3v) is 6.23.